The van der Waals surface area contributed by atoms with Crippen molar-refractivity contribution in [3.05, 3.63) is 58.3 Å². The second-order valence-corrected chi connectivity index (χ2v) is 5.79. The SMILES string of the molecule is CC(=O)c1ccc[n+]([C@@H](C)C(=O)Nc2cc(Cl)cc(Cl)c2)c1. The minimum absolute atomic E-state index is 0.0522. The van der Waals surface area contributed by atoms with Gasteiger partial charge in [0.2, 0.25) is 6.04 Å². The van der Waals surface area contributed by atoms with E-state index in [4.69, 9.17) is 23.2 Å². The minimum atomic E-state index is -0.489. The van der Waals surface area contributed by atoms with Gasteiger partial charge in [0.15, 0.2) is 18.2 Å². The first-order valence-electron chi connectivity index (χ1n) is 6.65. The lowest BCUT2D eigenvalue weighted by atomic mass is 10.2. The Labute approximate surface area is 138 Å². The van der Waals surface area contributed by atoms with Crippen molar-refractivity contribution in [2.45, 2.75) is 19.9 Å². The van der Waals surface area contributed by atoms with Gasteiger partial charge in [-0.05, 0) is 31.2 Å². The first-order valence-corrected chi connectivity index (χ1v) is 7.41. The summed E-state index contributed by atoms with van der Waals surface area (Å²) >= 11 is 11.8. The molecule has 1 aromatic carbocycles. The third-order valence-corrected chi connectivity index (χ3v) is 3.62. The third-order valence-electron chi connectivity index (χ3n) is 3.19. The predicted octanol–water partition coefficient (Wildman–Crippen LogP) is 3.68. The molecule has 0 aliphatic rings. The number of pyridine rings is 1. The molecule has 2 rings (SSSR count). The highest BCUT2D eigenvalue weighted by Crippen LogP contribution is 2.22. The maximum Gasteiger partial charge on any atom is 0.293 e. The van der Waals surface area contributed by atoms with E-state index in [1.807, 2.05) is 0 Å². The number of aromatic nitrogens is 1. The summed E-state index contributed by atoms with van der Waals surface area (Å²) in [7, 11) is 0. The fourth-order valence-electron chi connectivity index (χ4n) is 1.95. The molecule has 0 radical (unpaired) electrons. The Hall–Kier alpha value is -1.91. The van der Waals surface area contributed by atoms with Crippen LogP contribution in [0.1, 0.15) is 30.2 Å². The molecule has 1 aromatic heterocycles. The van der Waals surface area contributed by atoms with E-state index in [2.05, 4.69) is 5.32 Å². The van der Waals surface area contributed by atoms with E-state index >= 15 is 0 Å². The van der Waals surface area contributed by atoms with E-state index in [0.717, 1.165) is 0 Å². The number of carbonyl (C=O) groups is 2. The number of amides is 1. The van der Waals surface area contributed by atoms with E-state index < -0.39 is 6.04 Å². The van der Waals surface area contributed by atoms with E-state index in [1.54, 1.807) is 54.2 Å². The Morgan fingerprint density at radius 2 is 1.82 bits per heavy atom. The molecule has 0 saturated carbocycles. The van der Waals surface area contributed by atoms with Crippen molar-refractivity contribution in [2.24, 2.45) is 0 Å². The molecule has 0 fully saturated rings. The summed E-state index contributed by atoms with van der Waals surface area (Å²) in [6.07, 6.45) is 3.39. The van der Waals surface area contributed by atoms with Gasteiger partial charge >= 0.3 is 0 Å². The zero-order chi connectivity index (χ0) is 16.3. The number of hydrogen-bond donors (Lipinski definition) is 1. The van der Waals surface area contributed by atoms with Crippen LogP contribution in [-0.4, -0.2) is 11.7 Å². The molecule has 6 heteroatoms. The quantitative estimate of drug-likeness (QED) is 0.683. The normalized spacial score (nSPS) is 11.8. The molecule has 0 unspecified atom stereocenters. The highest BCUT2D eigenvalue weighted by molar-refractivity contribution is 6.35. The van der Waals surface area contributed by atoms with Crippen LogP contribution in [0.3, 0.4) is 0 Å². The second kappa shape index (κ2) is 6.90. The number of benzene rings is 1. The van der Waals surface area contributed by atoms with Crippen LogP contribution >= 0.6 is 23.2 Å². The van der Waals surface area contributed by atoms with Crippen molar-refractivity contribution in [1.82, 2.24) is 0 Å². The molecular weight excluding hydrogens is 323 g/mol. The molecule has 1 atom stereocenters. The Morgan fingerprint density at radius 3 is 2.41 bits per heavy atom. The molecule has 0 aliphatic carbocycles. The van der Waals surface area contributed by atoms with Crippen molar-refractivity contribution in [1.29, 1.82) is 0 Å². The van der Waals surface area contributed by atoms with Gasteiger partial charge in [-0.25, -0.2) is 0 Å². The van der Waals surface area contributed by atoms with Gasteiger partial charge in [-0.1, -0.05) is 23.2 Å². The second-order valence-electron chi connectivity index (χ2n) is 4.92. The van der Waals surface area contributed by atoms with Crippen LogP contribution < -0.4 is 9.88 Å². The molecule has 0 bridgehead atoms. The number of carbonyl (C=O) groups excluding carboxylic acids is 2. The number of Topliss-reactive ketones (excluding diaryl/α,β-unsaturated/α-hetero) is 1. The highest BCUT2D eigenvalue weighted by Gasteiger charge is 2.23. The third kappa shape index (κ3) is 4.06. The first kappa shape index (κ1) is 16.5. The van der Waals surface area contributed by atoms with Crippen LogP contribution in [-0.2, 0) is 4.79 Å². The summed E-state index contributed by atoms with van der Waals surface area (Å²) in [5.41, 5.74) is 1.07. The van der Waals surface area contributed by atoms with Crippen LogP contribution in [0, 0.1) is 0 Å². The fourth-order valence-corrected chi connectivity index (χ4v) is 2.48. The highest BCUT2D eigenvalue weighted by atomic mass is 35.5. The van der Waals surface area contributed by atoms with Gasteiger partial charge in [-0.2, -0.15) is 4.57 Å². The van der Waals surface area contributed by atoms with Crippen molar-refractivity contribution < 1.29 is 14.2 Å². The van der Waals surface area contributed by atoms with Gasteiger partial charge in [-0.15, -0.1) is 0 Å². The Bertz CT molecular complexity index is 712. The number of rotatable bonds is 4. The molecule has 1 amide bonds. The van der Waals surface area contributed by atoms with Gasteiger partial charge < -0.3 is 5.32 Å². The van der Waals surface area contributed by atoms with Crippen molar-refractivity contribution in [3.8, 4) is 0 Å². The lowest BCUT2D eigenvalue weighted by Crippen LogP contribution is -2.44. The number of nitrogens with zero attached hydrogens (tertiary/aromatic N) is 1. The van der Waals surface area contributed by atoms with Crippen molar-refractivity contribution in [2.75, 3.05) is 5.32 Å². The number of halogens is 2. The lowest BCUT2D eigenvalue weighted by molar-refractivity contribution is -0.705. The van der Waals surface area contributed by atoms with Crippen molar-refractivity contribution >= 4 is 40.6 Å². The standard InChI is InChI=1S/C16H14Cl2N2O2/c1-10(20-5-3-4-12(9-20)11(2)21)16(22)19-15-7-13(17)6-14(18)8-15/h3-10H,1-2H3/p+1/t10-/m0/s1. The zero-order valence-electron chi connectivity index (χ0n) is 12.1. The zero-order valence-corrected chi connectivity index (χ0v) is 13.7. The molecule has 1 heterocycles. The smallest absolute Gasteiger partial charge is 0.293 e. The Balaban J connectivity index is 2.18. The molecule has 0 aliphatic heterocycles. The average Bonchev–Trinajstić information content (AvgIpc) is 2.45. The number of hydrogen-bond acceptors (Lipinski definition) is 2. The summed E-state index contributed by atoms with van der Waals surface area (Å²) in [6.45, 7) is 3.23. The molecular formula is C16H15Cl2N2O2+. The molecule has 2 aromatic rings. The van der Waals surface area contributed by atoms with Gasteiger partial charge in [-0.3, -0.25) is 9.59 Å². The number of nitrogens with one attached hydrogen (secondary N) is 1. The molecule has 0 spiro atoms. The van der Waals surface area contributed by atoms with Crippen LogP contribution in [0.5, 0.6) is 0 Å². The van der Waals surface area contributed by atoms with Crippen LogP contribution in [0.15, 0.2) is 42.7 Å². The molecule has 22 heavy (non-hydrogen) atoms. The number of anilines is 1. The molecule has 0 saturated heterocycles. The maximum absolute atomic E-state index is 12.3. The van der Waals surface area contributed by atoms with Gasteiger partial charge in [0.25, 0.3) is 5.91 Å². The predicted molar refractivity (Wildman–Crippen MR) is 86.4 cm³/mol. The van der Waals surface area contributed by atoms with Gasteiger partial charge in [0.05, 0.1) is 5.56 Å². The molecule has 4 nitrogen and oxygen atoms in total. The summed E-state index contributed by atoms with van der Waals surface area (Å²) in [4.78, 5) is 23.7. The van der Waals surface area contributed by atoms with E-state index in [-0.39, 0.29) is 11.7 Å². The van der Waals surface area contributed by atoms with Gasteiger partial charge in [0, 0.05) is 28.7 Å². The van der Waals surface area contributed by atoms with Crippen LogP contribution in [0.2, 0.25) is 10.0 Å². The van der Waals surface area contributed by atoms with Crippen molar-refractivity contribution in [3.63, 3.8) is 0 Å². The minimum Gasteiger partial charge on any atom is -0.320 e. The Kier molecular flexibility index (Phi) is 5.16. The lowest BCUT2D eigenvalue weighted by Gasteiger charge is -2.10. The number of ketones is 1. The summed E-state index contributed by atoms with van der Waals surface area (Å²) in [6, 6.07) is 7.78. The molecule has 114 valence electrons. The summed E-state index contributed by atoms with van der Waals surface area (Å²) in [5.74, 6) is -0.285. The monoisotopic (exact) mass is 337 g/mol. The maximum atomic E-state index is 12.3. The van der Waals surface area contributed by atoms with E-state index in [9.17, 15) is 9.59 Å². The van der Waals surface area contributed by atoms with Crippen LogP contribution in [0.25, 0.3) is 0 Å². The summed E-state index contributed by atoms with van der Waals surface area (Å²) in [5, 5.41) is 3.65. The molecule has 1 N–H and O–H groups in total. The fraction of sp³-hybridized carbons (Fsp3) is 0.188. The summed E-state index contributed by atoms with van der Waals surface area (Å²) < 4.78 is 1.68. The van der Waals surface area contributed by atoms with E-state index in [1.165, 1.54) is 6.92 Å². The first-order chi connectivity index (χ1) is 10.4. The van der Waals surface area contributed by atoms with Gasteiger partial charge in [0.1, 0.15) is 0 Å². The van der Waals surface area contributed by atoms with Crippen LogP contribution in [0.4, 0.5) is 5.69 Å². The topological polar surface area (TPSA) is 50.0 Å². The van der Waals surface area contributed by atoms with E-state index in [0.29, 0.717) is 21.3 Å². The largest absolute Gasteiger partial charge is 0.320 e. The Morgan fingerprint density at radius 1 is 1.18 bits per heavy atom. The average molecular weight is 338 g/mol.